The normalized spacial score (nSPS) is 12.1. The predicted octanol–water partition coefficient (Wildman–Crippen LogP) is 4.11. The number of nitrogens with one attached hydrogen (secondary N) is 1. The molecule has 0 aliphatic rings. The molecule has 0 spiro atoms. The SMILES string of the molecule is CC(Sc1nnc(-c2cccs2)n1N)C(=O)NC(c1ccccc1)c1ccccc1. The molecule has 0 fully saturated rings. The zero-order chi connectivity index (χ0) is 20.9. The summed E-state index contributed by atoms with van der Waals surface area (Å²) in [6.07, 6.45) is 0. The molecule has 1 unspecified atom stereocenters. The summed E-state index contributed by atoms with van der Waals surface area (Å²) >= 11 is 2.83. The number of carbonyl (C=O) groups excluding carboxylic acids is 1. The van der Waals surface area contributed by atoms with Crippen molar-refractivity contribution in [3.05, 3.63) is 89.3 Å². The Balaban J connectivity index is 1.51. The molecule has 2 heterocycles. The first-order valence-corrected chi connectivity index (χ1v) is 11.2. The summed E-state index contributed by atoms with van der Waals surface area (Å²) < 4.78 is 1.44. The van der Waals surface area contributed by atoms with Gasteiger partial charge in [0.25, 0.3) is 0 Å². The Kier molecular flexibility index (Phi) is 6.15. The Morgan fingerprint density at radius 1 is 1.00 bits per heavy atom. The van der Waals surface area contributed by atoms with E-state index < -0.39 is 5.25 Å². The van der Waals surface area contributed by atoms with Crippen molar-refractivity contribution in [3.8, 4) is 10.7 Å². The summed E-state index contributed by atoms with van der Waals surface area (Å²) in [5, 5.41) is 13.6. The minimum atomic E-state index is -0.400. The Morgan fingerprint density at radius 2 is 1.63 bits per heavy atom. The van der Waals surface area contributed by atoms with E-state index in [0.29, 0.717) is 11.0 Å². The van der Waals surface area contributed by atoms with E-state index in [0.717, 1.165) is 16.0 Å². The molecule has 0 bridgehead atoms. The number of thiophene rings is 1. The summed E-state index contributed by atoms with van der Waals surface area (Å²) in [6.45, 7) is 1.84. The van der Waals surface area contributed by atoms with Crippen LogP contribution in [0.3, 0.4) is 0 Å². The number of aromatic nitrogens is 3. The van der Waals surface area contributed by atoms with Crippen LogP contribution in [0.5, 0.6) is 0 Å². The lowest BCUT2D eigenvalue weighted by atomic mass is 9.98. The summed E-state index contributed by atoms with van der Waals surface area (Å²) in [4.78, 5) is 14.0. The molecule has 4 rings (SSSR count). The highest BCUT2D eigenvalue weighted by Gasteiger charge is 2.23. The number of benzene rings is 2. The first-order chi connectivity index (χ1) is 14.6. The Labute approximate surface area is 183 Å². The van der Waals surface area contributed by atoms with Gasteiger partial charge in [-0.05, 0) is 29.5 Å². The lowest BCUT2D eigenvalue weighted by molar-refractivity contribution is -0.120. The fourth-order valence-corrected chi connectivity index (χ4v) is 4.54. The van der Waals surface area contributed by atoms with Crippen molar-refractivity contribution in [1.29, 1.82) is 0 Å². The fraction of sp³-hybridized carbons (Fsp3) is 0.136. The van der Waals surface area contributed by atoms with Crippen LogP contribution in [0.4, 0.5) is 0 Å². The van der Waals surface area contributed by atoms with Crippen molar-refractivity contribution in [2.45, 2.75) is 23.4 Å². The van der Waals surface area contributed by atoms with Crippen LogP contribution in [0.25, 0.3) is 10.7 Å². The number of carbonyl (C=O) groups is 1. The Morgan fingerprint density at radius 3 is 2.20 bits per heavy atom. The number of hydrogen-bond donors (Lipinski definition) is 2. The molecule has 0 saturated carbocycles. The van der Waals surface area contributed by atoms with E-state index in [4.69, 9.17) is 5.84 Å². The molecule has 152 valence electrons. The van der Waals surface area contributed by atoms with Crippen molar-refractivity contribution in [1.82, 2.24) is 20.2 Å². The molecule has 6 nitrogen and oxygen atoms in total. The molecule has 1 atom stereocenters. The van der Waals surface area contributed by atoms with Gasteiger partial charge in [0.05, 0.1) is 16.2 Å². The van der Waals surface area contributed by atoms with Gasteiger partial charge in [0.15, 0.2) is 5.82 Å². The first-order valence-electron chi connectivity index (χ1n) is 9.45. The summed E-state index contributed by atoms with van der Waals surface area (Å²) in [5.41, 5.74) is 2.05. The molecule has 0 aliphatic carbocycles. The quantitative estimate of drug-likeness (QED) is 0.337. The van der Waals surface area contributed by atoms with Crippen molar-refractivity contribution in [3.63, 3.8) is 0 Å². The molecule has 3 N–H and O–H groups in total. The number of nitrogens with zero attached hydrogens (tertiary/aromatic N) is 3. The molecule has 2 aromatic carbocycles. The van der Waals surface area contributed by atoms with Crippen molar-refractivity contribution in [2.24, 2.45) is 0 Å². The molecular formula is C22H21N5OS2. The highest BCUT2D eigenvalue weighted by atomic mass is 32.2. The van der Waals surface area contributed by atoms with Gasteiger partial charge in [0.1, 0.15) is 0 Å². The van der Waals surface area contributed by atoms with Crippen molar-refractivity contribution < 1.29 is 4.79 Å². The maximum Gasteiger partial charge on any atom is 0.234 e. The second-order valence-electron chi connectivity index (χ2n) is 6.68. The van der Waals surface area contributed by atoms with Gasteiger partial charge in [-0.2, -0.15) is 0 Å². The molecule has 4 aromatic rings. The van der Waals surface area contributed by atoms with Gasteiger partial charge >= 0.3 is 0 Å². The molecule has 0 aliphatic heterocycles. The van der Waals surface area contributed by atoms with Crippen LogP contribution in [0.1, 0.15) is 24.1 Å². The predicted molar refractivity (Wildman–Crippen MR) is 122 cm³/mol. The number of rotatable bonds is 7. The third kappa shape index (κ3) is 4.39. The van der Waals surface area contributed by atoms with Gasteiger partial charge in [-0.15, -0.1) is 21.5 Å². The van der Waals surface area contributed by atoms with Crippen LogP contribution in [0, 0.1) is 0 Å². The topological polar surface area (TPSA) is 85.8 Å². The first kappa shape index (κ1) is 20.2. The summed E-state index contributed by atoms with van der Waals surface area (Å²) in [6, 6.07) is 23.5. The second-order valence-corrected chi connectivity index (χ2v) is 8.93. The fourth-order valence-electron chi connectivity index (χ4n) is 3.05. The maximum absolute atomic E-state index is 13.0. The van der Waals surface area contributed by atoms with Gasteiger partial charge in [-0.25, -0.2) is 4.68 Å². The van der Waals surface area contributed by atoms with Crippen LogP contribution in [0.2, 0.25) is 0 Å². The Bertz CT molecular complexity index is 1060. The lowest BCUT2D eigenvalue weighted by Gasteiger charge is -2.22. The van der Waals surface area contributed by atoms with E-state index in [2.05, 4.69) is 15.5 Å². The summed E-state index contributed by atoms with van der Waals surface area (Å²) in [7, 11) is 0. The summed E-state index contributed by atoms with van der Waals surface area (Å²) in [5.74, 6) is 6.66. The number of amides is 1. The standard InChI is InChI=1S/C22H21N5OS2/c1-15(30-22-26-25-20(27(22)23)18-13-8-14-29-18)21(28)24-19(16-9-4-2-5-10-16)17-11-6-3-7-12-17/h2-15,19H,23H2,1H3,(H,24,28). The van der Waals surface area contributed by atoms with Gasteiger partial charge in [0.2, 0.25) is 11.1 Å². The largest absolute Gasteiger partial charge is 0.344 e. The van der Waals surface area contributed by atoms with Crippen LogP contribution in [0.15, 0.2) is 83.3 Å². The average molecular weight is 436 g/mol. The monoisotopic (exact) mass is 435 g/mol. The third-order valence-electron chi connectivity index (χ3n) is 4.61. The molecule has 2 aromatic heterocycles. The van der Waals surface area contributed by atoms with Crippen LogP contribution >= 0.6 is 23.1 Å². The number of nitrogens with two attached hydrogens (primary N) is 1. The molecule has 1 amide bonds. The maximum atomic E-state index is 13.0. The minimum Gasteiger partial charge on any atom is -0.344 e. The number of hydrogen-bond acceptors (Lipinski definition) is 6. The molecule has 8 heteroatoms. The zero-order valence-corrected chi connectivity index (χ0v) is 17.9. The highest BCUT2D eigenvalue weighted by Crippen LogP contribution is 2.28. The minimum absolute atomic E-state index is 0.0987. The smallest absolute Gasteiger partial charge is 0.234 e. The average Bonchev–Trinajstić information content (AvgIpc) is 3.43. The van der Waals surface area contributed by atoms with Gasteiger partial charge in [0, 0.05) is 0 Å². The van der Waals surface area contributed by atoms with E-state index in [1.807, 2.05) is 85.1 Å². The molecule has 0 saturated heterocycles. The van der Waals surface area contributed by atoms with E-state index in [1.165, 1.54) is 16.4 Å². The lowest BCUT2D eigenvalue weighted by Crippen LogP contribution is -2.35. The molecular weight excluding hydrogens is 414 g/mol. The van der Waals surface area contributed by atoms with Gasteiger partial charge < -0.3 is 11.2 Å². The number of thioether (sulfide) groups is 1. The van der Waals surface area contributed by atoms with E-state index in [1.54, 1.807) is 11.3 Å². The number of nitrogen functional groups attached to an aromatic ring is 1. The van der Waals surface area contributed by atoms with Crippen LogP contribution in [-0.2, 0) is 4.79 Å². The Hall–Kier alpha value is -3.10. The highest BCUT2D eigenvalue weighted by molar-refractivity contribution is 8.00. The van der Waals surface area contributed by atoms with Crippen LogP contribution in [-0.4, -0.2) is 26.0 Å². The van der Waals surface area contributed by atoms with Gasteiger partial charge in [-0.3, -0.25) is 4.79 Å². The molecule has 30 heavy (non-hydrogen) atoms. The van der Waals surface area contributed by atoms with Crippen molar-refractivity contribution in [2.75, 3.05) is 5.84 Å². The van der Waals surface area contributed by atoms with E-state index in [9.17, 15) is 4.79 Å². The zero-order valence-electron chi connectivity index (χ0n) is 16.3. The molecule has 0 radical (unpaired) electrons. The second kappa shape index (κ2) is 9.15. The van der Waals surface area contributed by atoms with E-state index in [-0.39, 0.29) is 11.9 Å². The van der Waals surface area contributed by atoms with Crippen molar-refractivity contribution >= 4 is 29.0 Å². The van der Waals surface area contributed by atoms with E-state index >= 15 is 0 Å². The van der Waals surface area contributed by atoms with Gasteiger partial charge in [-0.1, -0.05) is 78.5 Å². The third-order valence-corrected chi connectivity index (χ3v) is 6.53. The van der Waals surface area contributed by atoms with Crippen LogP contribution < -0.4 is 11.2 Å².